The molecule has 1 saturated carbocycles. The molecule has 4 atom stereocenters. The summed E-state index contributed by atoms with van der Waals surface area (Å²) in [7, 11) is 0. The van der Waals surface area contributed by atoms with E-state index in [9.17, 15) is 19.1 Å². The highest BCUT2D eigenvalue weighted by Gasteiger charge is 2.47. The van der Waals surface area contributed by atoms with Crippen molar-refractivity contribution in [2.75, 3.05) is 50.8 Å². The molecular weight excluding hydrogens is 589 g/mol. The van der Waals surface area contributed by atoms with Gasteiger partial charge in [0.1, 0.15) is 5.82 Å². The molecule has 5 heterocycles. The minimum atomic E-state index is -1.15. The van der Waals surface area contributed by atoms with Gasteiger partial charge in [0.2, 0.25) is 5.91 Å². The van der Waals surface area contributed by atoms with E-state index in [0.29, 0.717) is 36.4 Å². The van der Waals surface area contributed by atoms with E-state index >= 15 is 0 Å². The number of aliphatic hydroxyl groups is 1. The number of morpholine rings is 1. The Morgan fingerprint density at radius 2 is 1.98 bits per heavy atom. The summed E-state index contributed by atoms with van der Waals surface area (Å²) in [5, 5.41) is 18.9. The van der Waals surface area contributed by atoms with Crippen molar-refractivity contribution in [1.29, 1.82) is 0 Å². The van der Waals surface area contributed by atoms with Gasteiger partial charge in [0.05, 0.1) is 42.8 Å². The van der Waals surface area contributed by atoms with E-state index in [0.717, 1.165) is 56.0 Å². The Kier molecular flexibility index (Phi) is 7.87. The van der Waals surface area contributed by atoms with E-state index in [2.05, 4.69) is 35.9 Å². The van der Waals surface area contributed by atoms with Crippen LogP contribution in [0.5, 0.6) is 0 Å². The highest BCUT2D eigenvalue weighted by Crippen LogP contribution is 2.42. The summed E-state index contributed by atoms with van der Waals surface area (Å²) in [4.78, 5) is 35.0. The summed E-state index contributed by atoms with van der Waals surface area (Å²) in [6, 6.07) is 9.24. The molecule has 11 nitrogen and oxygen atoms in total. The number of benzene rings is 1. The Morgan fingerprint density at radius 3 is 2.72 bits per heavy atom. The van der Waals surface area contributed by atoms with Crippen LogP contribution in [0.4, 0.5) is 10.1 Å². The van der Waals surface area contributed by atoms with Gasteiger partial charge in [-0.3, -0.25) is 14.6 Å². The second-order valence-corrected chi connectivity index (χ2v) is 15.1. The molecule has 2 aromatic heterocycles. The molecule has 4 aliphatic rings. The molecule has 2 N–H and O–H groups in total. The minimum absolute atomic E-state index is 0.00113. The van der Waals surface area contributed by atoms with Gasteiger partial charge in [-0.25, -0.2) is 18.3 Å². The first-order valence-electron chi connectivity index (χ1n) is 16.5. The van der Waals surface area contributed by atoms with E-state index in [1.807, 2.05) is 11.0 Å². The number of hydrogen-bond donors (Lipinski definition) is 2. The number of piperazine rings is 1. The number of carbonyl (C=O) groups is 1. The average Bonchev–Trinajstić information content (AvgIpc) is 3.65. The molecule has 46 heavy (non-hydrogen) atoms. The van der Waals surface area contributed by atoms with Gasteiger partial charge in [0.25, 0.3) is 0 Å². The van der Waals surface area contributed by atoms with Crippen LogP contribution in [0.15, 0.2) is 35.1 Å². The van der Waals surface area contributed by atoms with Crippen molar-refractivity contribution in [3.63, 3.8) is 0 Å². The molecule has 7 rings (SSSR count). The summed E-state index contributed by atoms with van der Waals surface area (Å²) in [5.74, 6) is -0.320. The van der Waals surface area contributed by atoms with Gasteiger partial charge in [-0.05, 0) is 51.0 Å². The molecule has 3 aromatic rings. The Balaban J connectivity index is 1.24. The average molecular weight is 636 g/mol. The monoisotopic (exact) mass is 635 g/mol. The van der Waals surface area contributed by atoms with Gasteiger partial charge in [0.15, 0.2) is 5.65 Å². The van der Waals surface area contributed by atoms with Crippen LogP contribution >= 0.6 is 0 Å². The number of hydrogen-bond acceptors (Lipinski definition) is 8. The van der Waals surface area contributed by atoms with Crippen LogP contribution in [0, 0.1) is 5.82 Å². The molecule has 1 amide bonds. The van der Waals surface area contributed by atoms with Gasteiger partial charge >= 0.3 is 5.69 Å². The summed E-state index contributed by atoms with van der Waals surface area (Å²) < 4.78 is 22.5. The predicted octanol–water partition coefficient (Wildman–Crippen LogP) is 1.76. The predicted molar refractivity (Wildman–Crippen MR) is 173 cm³/mol. The van der Waals surface area contributed by atoms with Crippen LogP contribution in [-0.2, 0) is 27.9 Å². The SMILES string of the molecule is C[C@@H]1CN(CC(=O)N2CC(C)(C)c3c2cc(Cc2ccc(F)cc2)c2nn(CC(C)(C)O)c(=O)n32)[C@@H](CN2CCOC3CC32)CN1. The van der Waals surface area contributed by atoms with Crippen molar-refractivity contribution >= 4 is 17.2 Å². The number of rotatable bonds is 8. The molecule has 1 aromatic carbocycles. The lowest BCUT2D eigenvalue weighted by molar-refractivity contribution is -0.121. The largest absolute Gasteiger partial charge is 0.389 e. The lowest BCUT2D eigenvalue weighted by Crippen LogP contribution is -2.61. The Morgan fingerprint density at radius 1 is 1.22 bits per heavy atom. The highest BCUT2D eigenvalue weighted by molar-refractivity contribution is 5.98. The second-order valence-electron chi connectivity index (χ2n) is 15.1. The lowest BCUT2D eigenvalue weighted by atomic mass is 9.90. The van der Waals surface area contributed by atoms with Gasteiger partial charge < -0.3 is 20.1 Å². The number of anilines is 1. The van der Waals surface area contributed by atoms with Crippen LogP contribution in [0.2, 0.25) is 0 Å². The van der Waals surface area contributed by atoms with Crippen LogP contribution < -0.4 is 15.9 Å². The number of halogens is 1. The third-order valence-corrected chi connectivity index (χ3v) is 9.92. The molecule has 3 fully saturated rings. The molecule has 2 unspecified atom stereocenters. The van der Waals surface area contributed by atoms with Crippen molar-refractivity contribution in [1.82, 2.24) is 29.3 Å². The van der Waals surface area contributed by atoms with E-state index in [-0.39, 0.29) is 42.6 Å². The summed E-state index contributed by atoms with van der Waals surface area (Å²) in [6.45, 7) is 14.5. The number of aromatic nitrogens is 3. The lowest BCUT2D eigenvalue weighted by Gasteiger charge is -2.42. The van der Waals surface area contributed by atoms with Crippen molar-refractivity contribution in [3.05, 3.63) is 63.5 Å². The number of amides is 1. The summed E-state index contributed by atoms with van der Waals surface area (Å²) in [6.07, 6.45) is 1.85. The molecule has 0 radical (unpaired) electrons. The first-order chi connectivity index (χ1) is 21.8. The third-order valence-electron chi connectivity index (χ3n) is 9.92. The number of fused-ring (bicyclic) bond motifs is 4. The molecule has 1 aliphatic carbocycles. The van der Waals surface area contributed by atoms with Crippen molar-refractivity contribution in [2.45, 2.75) is 89.3 Å². The van der Waals surface area contributed by atoms with Crippen LogP contribution in [0.3, 0.4) is 0 Å². The number of nitrogens with zero attached hydrogens (tertiary/aromatic N) is 6. The van der Waals surface area contributed by atoms with Gasteiger partial charge in [-0.15, -0.1) is 5.10 Å². The zero-order chi connectivity index (χ0) is 32.5. The molecule has 2 saturated heterocycles. The van der Waals surface area contributed by atoms with Gasteiger partial charge in [-0.1, -0.05) is 26.0 Å². The second kappa shape index (κ2) is 11.5. The maximum atomic E-state index is 14.3. The van der Waals surface area contributed by atoms with E-state index in [4.69, 9.17) is 9.84 Å². The fourth-order valence-electron chi connectivity index (χ4n) is 7.66. The maximum Gasteiger partial charge on any atom is 0.350 e. The zero-order valence-corrected chi connectivity index (χ0v) is 27.5. The standard InChI is InChI=1S/C34H46FN7O4/c1-21-16-39(25(15-36-21)17-38-10-11-46-28-14-26(28)38)18-29(43)40-19-33(2,3)30-27(40)13-23(12-22-6-8-24(35)9-7-22)31-37-41(20-34(4,5)45)32(44)42(30)31/h6-9,13,21,25-26,28,36,45H,10-12,14-20H2,1-5H3/t21-,25-,26?,28?/m1/s1. The fraction of sp³-hybridized carbons (Fsp3) is 0.618. The number of nitrogens with one attached hydrogen (secondary N) is 1. The number of ether oxygens (including phenoxy) is 1. The number of pyridine rings is 1. The normalized spacial score (nSPS) is 26.4. The van der Waals surface area contributed by atoms with Crippen LogP contribution in [-0.4, -0.2) is 111 Å². The van der Waals surface area contributed by atoms with E-state index in [1.54, 1.807) is 30.4 Å². The smallest absolute Gasteiger partial charge is 0.350 e. The first-order valence-corrected chi connectivity index (χ1v) is 16.5. The Hall–Kier alpha value is -3.16. The summed E-state index contributed by atoms with van der Waals surface area (Å²) in [5.41, 5.74) is 1.51. The minimum Gasteiger partial charge on any atom is -0.389 e. The fourth-order valence-corrected chi connectivity index (χ4v) is 7.66. The van der Waals surface area contributed by atoms with Crippen molar-refractivity contribution < 1.29 is 19.0 Å². The molecule has 12 heteroatoms. The van der Waals surface area contributed by atoms with E-state index < -0.39 is 11.0 Å². The van der Waals surface area contributed by atoms with Gasteiger partial charge in [0, 0.05) is 68.2 Å². The molecular formula is C34H46FN7O4. The zero-order valence-electron chi connectivity index (χ0n) is 27.5. The summed E-state index contributed by atoms with van der Waals surface area (Å²) >= 11 is 0. The van der Waals surface area contributed by atoms with Crippen molar-refractivity contribution in [3.8, 4) is 0 Å². The van der Waals surface area contributed by atoms with E-state index in [1.165, 1.54) is 16.8 Å². The van der Waals surface area contributed by atoms with Crippen LogP contribution in [0.1, 0.15) is 57.9 Å². The number of carbonyl (C=O) groups excluding carboxylic acids is 1. The molecule has 3 aliphatic heterocycles. The highest BCUT2D eigenvalue weighted by atomic mass is 19.1. The molecule has 0 bridgehead atoms. The third kappa shape index (κ3) is 6.01. The van der Waals surface area contributed by atoms with Crippen molar-refractivity contribution in [2.24, 2.45) is 0 Å². The molecule has 0 spiro atoms. The van der Waals surface area contributed by atoms with Gasteiger partial charge in [-0.2, -0.15) is 0 Å². The Labute approximate surface area is 268 Å². The quantitative estimate of drug-likeness (QED) is 0.386. The molecule has 248 valence electrons. The maximum absolute atomic E-state index is 14.3. The van der Waals surface area contributed by atoms with Crippen LogP contribution in [0.25, 0.3) is 5.65 Å². The Bertz CT molecular complexity index is 1690. The topological polar surface area (TPSA) is 108 Å². The first kappa shape index (κ1) is 31.4.